The molecule has 0 aliphatic carbocycles. The van der Waals surface area contributed by atoms with Crippen LogP contribution in [0.1, 0.15) is 18.5 Å². The van der Waals surface area contributed by atoms with Crippen LogP contribution < -0.4 is 11.1 Å². The SMILES string of the molecule is CC(Nc1ncnc(N)c1Cl)c1ccc(-n2ccnn2)cc1. The minimum atomic E-state index is 0.0107. The van der Waals surface area contributed by atoms with Crippen LogP contribution >= 0.6 is 11.6 Å². The number of halogens is 1. The molecule has 1 unspecified atom stereocenters. The highest BCUT2D eigenvalue weighted by Crippen LogP contribution is 2.27. The van der Waals surface area contributed by atoms with Crippen molar-refractivity contribution in [2.45, 2.75) is 13.0 Å². The number of anilines is 2. The zero-order valence-electron chi connectivity index (χ0n) is 11.8. The molecule has 3 aromatic rings. The third-order valence-corrected chi connectivity index (χ3v) is 3.62. The van der Waals surface area contributed by atoms with Crippen molar-refractivity contribution < 1.29 is 0 Å². The molecule has 0 saturated carbocycles. The van der Waals surface area contributed by atoms with Gasteiger partial charge >= 0.3 is 0 Å². The van der Waals surface area contributed by atoms with Crippen LogP contribution in [0.15, 0.2) is 43.0 Å². The molecule has 112 valence electrons. The van der Waals surface area contributed by atoms with Crippen LogP contribution in [-0.2, 0) is 0 Å². The zero-order chi connectivity index (χ0) is 15.5. The molecule has 0 amide bonds. The van der Waals surface area contributed by atoms with Gasteiger partial charge in [0.25, 0.3) is 0 Å². The first-order chi connectivity index (χ1) is 10.6. The predicted octanol–water partition coefficient (Wildman–Crippen LogP) is 2.47. The first-order valence-electron chi connectivity index (χ1n) is 6.64. The van der Waals surface area contributed by atoms with Gasteiger partial charge in [-0.25, -0.2) is 14.6 Å². The van der Waals surface area contributed by atoms with Crippen molar-refractivity contribution >= 4 is 23.2 Å². The Morgan fingerprint density at radius 1 is 1.23 bits per heavy atom. The summed E-state index contributed by atoms with van der Waals surface area (Å²) < 4.78 is 1.70. The fraction of sp³-hybridized carbons (Fsp3) is 0.143. The van der Waals surface area contributed by atoms with E-state index in [4.69, 9.17) is 17.3 Å². The van der Waals surface area contributed by atoms with Crippen LogP contribution in [0.4, 0.5) is 11.6 Å². The second-order valence-corrected chi connectivity index (χ2v) is 5.10. The minimum absolute atomic E-state index is 0.0107. The number of benzene rings is 1. The number of nitrogen functional groups attached to an aromatic ring is 1. The molecular formula is C14H14ClN7. The van der Waals surface area contributed by atoms with Crippen LogP contribution in [0.5, 0.6) is 0 Å². The molecule has 1 atom stereocenters. The smallest absolute Gasteiger partial charge is 0.150 e. The van der Waals surface area contributed by atoms with Crippen molar-refractivity contribution in [3.8, 4) is 5.69 Å². The van der Waals surface area contributed by atoms with E-state index in [9.17, 15) is 0 Å². The van der Waals surface area contributed by atoms with Crippen molar-refractivity contribution in [2.24, 2.45) is 0 Å². The number of rotatable bonds is 4. The fourth-order valence-corrected chi connectivity index (χ4v) is 2.19. The summed E-state index contributed by atoms with van der Waals surface area (Å²) in [7, 11) is 0. The predicted molar refractivity (Wildman–Crippen MR) is 84.9 cm³/mol. The minimum Gasteiger partial charge on any atom is -0.382 e. The van der Waals surface area contributed by atoms with Gasteiger partial charge in [0.15, 0.2) is 5.82 Å². The quantitative estimate of drug-likeness (QED) is 0.768. The van der Waals surface area contributed by atoms with Gasteiger partial charge in [-0.2, -0.15) is 0 Å². The van der Waals surface area contributed by atoms with Gasteiger partial charge in [-0.3, -0.25) is 0 Å². The van der Waals surface area contributed by atoms with Gasteiger partial charge in [-0.1, -0.05) is 28.9 Å². The molecule has 0 fully saturated rings. The van der Waals surface area contributed by atoms with E-state index >= 15 is 0 Å². The summed E-state index contributed by atoms with van der Waals surface area (Å²) in [6.07, 6.45) is 4.81. The summed E-state index contributed by atoms with van der Waals surface area (Å²) in [6, 6.07) is 7.97. The van der Waals surface area contributed by atoms with Crippen molar-refractivity contribution in [2.75, 3.05) is 11.1 Å². The number of hydrogen-bond acceptors (Lipinski definition) is 6. The molecule has 2 aromatic heterocycles. The lowest BCUT2D eigenvalue weighted by molar-refractivity contribution is 0.800. The maximum absolute atomic E-state index is 6.09. The maximum atomic E-state index is 6.09. The van der Waals surface area contributed by atoms with Crippen molar-refractivity contribution in [3.05, 3.63) is 53.6 Å². The van der Waals surface area contributed by atoms with E-state index in [1.807, 2.05) is 31.2 Å². The van der Waals surface area contributed by atoms with Gasteiger partial charge < -0.3 is 11.1 Å². The maximum Gasteiger partial charge on any atom is 0.150 e. The van der Waals surface area contributed by atoms with Crippen LogP contribution in [0, 0.1) is 0 Å². The number of nitrogens with one attached hydrogen (secondary N) is 1. The van der Waals surface area contributed by atoms with E-state index in [0.29, 0.717) is 10.8 Å². The second kappa shape index (κ2) is 5.98. The Balaban J connectivity index is 1.78. The lowest BCUT2D eigenvalue weighted by Crippen LogP contribution is -2.09. The van der Waals surface area contributed by atoms with Gasteiger partial charge in [0.1, 0.15) is 17.2 Å². The van der Waals surface area contributed by atoms with E-state index in [1.165, 1.54) is 6.33 Å². The molecule has 22 heavy (non-hydrogen) atoms. The molecule has 2 heterocycles. The molecule has 7 nitrogen and oxygen atoms in total. The average Bonchev–Trinajstić information content (AvgIpc) is 3.06. The van der Waals surface area contributed by atoms with E-state index < -0.39 is 0 Å². The first-order valence-corrected chi connectivity index (χ1v) is 7.02. The molecular weight excluding hydrogens is 302 g/mol. The standard InChI is InChI=1S/C14H14ClN7/c1-9(20-14-12(15)13(16)17-8-18-14)10-2-4-11(5-3-10)22-7-6-19-21-22/h2-9H,1H3,(H3,16,17,18,20). The normalized spacial score (nSPS) is 12.1. The van der Waals surface area contributed by atoms with Crippen LogP contribution in [0.2, 0.25) is 5.02 Å². The lowest BCUT2D eigenvalue weighted by Gasteiger charge is -2.16. The zero-order valence-corrected chi connectivity index (χ0v) is 12.6. The molecule has 0 aliphatic rings. The molecule has 3 rings (SSSR count). The number of aromatic nitrogens is 5. The van der Waals surface area contributed by atoms with Crippen molar-refractivity contribution in [3.63, 3.8) is 0 Å². The molecule has 0 bridgehead atoms. The Hall–Kier alpha value is -2.67. The molecule has 0 saturated heterocycles. The van der Waals surface area contributed by atoms with Gasteiger partial charge in [0.2, 0.25) is 0 Å². The molecule has 1 aromatic carbocycles. The molecule has 0 radical (unpaired) electrons. The van der Waals surface area contributed by atoms with Gasteiger partial charge in [-0.05, 0) is 24.6 Å². The lowest BCUT2D eigenvalue weighted by atomic mass is 10.1. The Morgan fingerprint density at radius 3 is 2.68 bits per heavy atom. The summed E-state index contributed by atoms with van der Waals surface area (Å²) >= 11 is 6.09. The third kappa shape index (κ3) is 2.84. The molecule has 0 aliphatic heterocycles. The van der Waals surface area contributed by atoms with E-state index in [-0.39, 0.29) is 11.9 Å². The average molecular weight is 316 g/mol. The highest BCUT2D eigenvalue weighted by Gasteiger charge is 2.11. The Bertz CT molecular complexity index is 755. The number of nitrogens with zero attached hydrogens (tertiary/aromatic N) is 5. The summed E-state index contributed by atoms with van der Waals surface area (Å²) in [5.41, 5.74) is 7.69. The van der Waals surface area contributed by atoms with Crippen LogP contribution in [0.3, 0.4) is 0 Å². The van der Waals surface area contributed by atoms with E-state index in [1.54, 1.807) is 17.1 Å². The third-order valence-electron chi connectivity index (χ3n) is 3.25. The van der Waals surface area contributed by atoms with Gasteiger partial charge in [0, 0.05) is 6.04 Å². The fourth-order valence-electron chi connectivity index (χ4n) is 2.03. The summed E-state index contributed by atoms with van der Waals surface area (Å²) in [6.45, 7) is 2.01. The molecule has 8 heteroatoms. The molecule has 3 N–H and O–H groups in total. The van der Waals surface area contributed by atoms with Crippen molar-refractivity contribution in [1.29, 1.82) is 0 Å². The van der Waals surface area contributed by atoms with Crippen LogP contribution in [-0.4, -0.2) is 25.0 Å². The highest BCUT2D eigenvalue weighted by atomic mass is 35.5. The monoisotopic (exact) mass is 315 g/mol. The van der Waals surface area contributed by atoms with Gasteiger partial charge in [0.05, 0.1) is 18.1 Å². The van der Waals surface area contributed by atoms with E-state index in [0.717, 1.165) is 11.3 Å². The summed E-state index contributed by atoms with van der Waals surface area (Å²) in [4.78, 5) is 7.94. The van der Waals surface area contributed by atoms with Gasteiger partial charge in [-0.15, -0.1) is 5.10 Å². The Morgan fingerprint density at radius 2 is 2.00 bits per heavy atom. The van der Waals surface area contributed by atoms with Crippen LogP contribution in [0.25, 0.3) is 5.69 Å². The number of hydrogen-bond donors (Lipinski definition) is 2. The number of nitrogens with two attached hydrogens (primary N) is 1. The van der Waals surface area contributed by atoms with Crippen molar-refractivity contribution in [1.82, 2.24) is 25.0 Å². The highest BCUT2D eigenvalue weighted by molar-refractivity contribution is 6.35. The van der Waals surface area contributed by atoms with E-state index in [2.05, 4.69) is 25.6 Å². The molecule has 0 spiro atoms. The Kier molecular flexibility index (Phi) is 3.88. The topological polar surface area (TPSA) is 94.5 Å². The first kappa shape index (κ1) is 14.3. The summed E-state index contributed by atoms with van der Waals surface area (Å²) in [5, 5.41) is 11.3. The Labute approximate surface area is 132 Å². The summed E-state index contributed by atoms with van der Waals surface area (Å²) in [5.74, 6) is 0.773. The second-order valence-electron chi connectivity index (χ2n) is 4.73. The largest absolute Gasteiger partial charge is 0.382 e.